The SMILES string of the molecule is CCC1CCC(O[C@H]2CCCNC2)CC1. The number of ether oxygens (including phenoxy) is 1. The summed E-state index contributed by atoms with van der Waals surface area (Å²) in [5.41, 5.74) is 0. The molecule has 0 aromatic heterocycles. The molecule has 2 rings (SSSR count). The highest BCUT2D eigenvalue weighted by molar-refractivity contribution is 4.76. The van der Waals surface area contributed by atoms with Crippen LogP contribution < -0.4 is 5.32 Å². The van der Waals surface area contributed by atoms with Gasteiger partial charge in [0.25, 0.3) is 0 Å². The smallest absolute Gasteiger partial charge is 0.0703 e. The van der Waals surface area contributed by atoms with E-state index in [0.29, 0.717) is 12.2 Å². The summed E-state index contributed by atoms with van der Waals surface area (Å²) in [6.45, 7) is 4.58. The van der Waals surface area contributed by atoms with Crippen molar-refractivity contribution in [3.8, 4) is 0 Å². The molecule has 88 valence electrons. The summed E-state index contributed by atoms with van der Waals surface area (Å²) in [6, 6.07) is 0. The lowest BCUT2D eigenvalue weighted by Gasteiger charge is -2.32. The molecule has 0 aromatic carbocycles. The number of rotatable bonds is 3. The summed E-state index contributed by atoms with van der Waals surface area (Å²) < 4.78 is 6.16. The van der Waals surface area contributed by atoms with Crippen molar-refractivity contribution in [1.82, 2.24) is 5.32 Å². The third kappa shape index (κ3) is 3.46. The van der Waals surface area contributed by atoms with Crippen LogP contribution in [0.15, 0.2) is 0 Å². The van der Waals surface area contributed by atoms with Gasteiger partial charge in [0, 0.05) is 6.54 Å². The summed E-state index contributed by atoms with van der Waals surface area (Å²) in [5, 5.41) is 3.42. The topological polar surface area (TPSA) is 21.3 Å². The van der Waals surface area contributed by atoms with Gasteiger partial charge in [-0.3, -0.25) is 0 Å². The van der Waals surface area contributed by atoms with Gasteiger partial charge < -0.3 is 10.1 Å². The molecular formula is C13H25NO. The molecule has 15 heavy (non-hydrogen) atoms. The van der Waals surface area contributed by atoms with Crippen LogP contribution in [0.1, 0.15) is 51.9 Å². The Bertz CT molecular complexity index is 169. The lowest BCUT2D eigenvalue weighted by atomic mass is 9.86. The number of nitrogens with one attached hydrogen (secondary N) is 1. The van der Waals surface area contributed by atoms with Crippen LogP contribution in [0.5, 0.6) is 0 Å². The zero-order valence-corrected chi connectivity index (χ0v) is 10.0. The van der Waals surface area contributed by atoms with Gasteiger partial charge >= 0.3 is 0 Å². The molecule has 0 bridgehead atoms. The van der Waals surface area contributed by atoms with Crippen molar-refractivity contribution in [2.45, 2.75) is 64.1 Å². The largest absolute Gasteiger partial charge is 0.374 e. The second-order valence-corrected chi connectivity index (χ2v) is 5.16. The number of hydrogen-bond donors (Lipinski definition) is 1. The summed E-state index contributed by atoms with van der Waals surface area (Å²) in [7, 11) is 0. The van der Waals surface area contributed by atoms with Crippen molar-refractivity contribution >= 4 is 0 Å². The normalized spacial score (nSPS) is 37.8. The van der Waals surface area contributed by atoms with Crippen LogP contribution in [0.4, 0.5) is 0 Å². The van der Waals surface area contributed by atoms with Crippen LogP contribution >= 0.6 is 0 Å². The minimum absolute atomic E-state index is 0.502. The predicted octanol–water partition coefficient (Wildman–Crippen LogP) is 2.72. The quantitative estimate of drug-likeness (QED) is 0.775. The Morgan fingerprint density at radius 1 is 1.07 bits per heavy atom. The van der Waals surface area contributed by atoms with Crippen LogP contribution in [0.3, 0.4) is 0 Å². The number of hydrogen-bond acceptors (Lipinski definition) is 2. The van der Waals surface area contributed by atoms with E-state index in [1.54, 1.807) is 0 Å². The van der Waals surface area contributed by atoms with Gasteiger partial charge in [-0.1, -0.05) is 13.3 Å². The molecule has 2 heteroatoms. The molecule has 1 saturated heterocycles. The Kier molecular flexibility index (Phi) is 4.45. The van der Waals surface area contributed by atoms with Crippen LogP contribution in [-0.2, 0) is 4.74 Å². The Morgan fingerprint density at radius 2 is 1.87 bits per heavy atom. The van der Waals surface area contributed by atoms with E-state index < -0.39 is 0 Å². The van der Waals surface area contributed by atoms with E-state index in [1.807, 2.05) is 0 Å². The molecule has 0 aromatic rings. The minimum Gasteiger partial charge on any atom is -0.374 e. The molecule has 1 N–H and O–H groups in total. The summed E-state index contributed by atoms with van der Waals surface area (Å²) in [6.07, 6.45) is 10.4. The van der Waals surface area contributed by atoms with Crippen molar-refractivity contribution in [2.24, 2.45) is 5.92 Å². The Labute approximate surface area is 93.8 Å². The zero-order valence-electron chi connectivity index (χ0n) is 10.0. The molecule has 2 fully saturated rings. The fraction of sp³-hybridized carbons (Fsp3) is 1.00. The molecule has 2 nitrogen and oxygen atoms in total. The van der Waals surface area contributed by atoms with Gasteiger partial charge in [-0.25, -0.2) is 0 Å². The first kappa shape index (κ1) is 11.4. The van der Waals surface area contributed by atoms with E-state index in [0.717, 1.165) is 12.5 Å². The molecule has 0 unspecified atom stereocenters. The minimum atomic E-state index is 0.502. The van der Waals surface area contributed by atoms with Crippen LogP contribution in [0, 0.1) is 5.92 Å². The van der Waals surface area contributed by atoms with Gasteiger partial charge in [-0.15, -0.1) is 0 Å². The average molecular weight is 211 g/mol. The first-order valence-electron chi connectivity index (χ1n) is 6.74. The van der Waals surface area contributed by atoms with E-state index >= 15 is 0 Å². The first-order chi connectivity index (χ1) is 7.38. The fourth-order valence-electron chi connectivity index (χ4n) is 2.88. The molecule has 1 heterocycles. The average Bonchev–Trinajstić information content (AvgIpc) is 2.31. The second-order valence-electron chi connectivity index (χ2n) is 5.16. The van der Waals surface area contributed by atoms with Gasteiger partial charge in [0.1, 0.15) is 0 Å². The van der Waals surface area contributed by atoms with Gasteiger partial charge in [-0.2, -0.15) is 0 Å². The molecule has 0 amide bonds. The monoisotopic (exact) mass is 211 g/mol. The summed E-state index contributed by atoms with van der Waals surface area (Å²) in [4.78, 5) is 0. The van der Waals surface area contributed by atoms with Crippen LogP contribution in [-0.4, -0.2) is 25.3 Å². The Morgan fingerprint density at radius 3 is 2.47 bits per heavy atom. The first-order valence-corrected chi connectivity index (χ1v) is 6.74. The third-order valence-electron chi connectivity index (χ3n) is 4.01. The zero-order chi connectivity index (χ0) is 10.5. The maximum Gasteiger partial charge on any atom is 0.0703 e. The molecule has 1 atom stereocenters. The second kappa shape index (κ2) is 5.86. The lowest BCUT2D eigenvalue weighted by molar-refractivity contribution is -0.0450. The Hall–Kier alpha value is -0.0800. The van der Waals surface area contributed by atoms with E-state index in [2.05, 4.69) is 12.2 Å². The highest BCUT2D eigenvalue weighted by Gasteiger charge is 2.24. The molecule has 1 aliphatic carbocycles. The van der Waals surface area contributed by atoms with Gasteiger partial charge in [0.05, 0.1) is 12.2 Å². The molecule has 1 aliphatic heterocycles. The lowest BCUT2D eigenvalue weighted by Crippen LogP contribution is -2.38. The molecule has 1 saturated carbocycles. The van der Waals surface area contributed by atoms with Crippen molar-refractivity contribution < 1.29 is 4.74 Å². The van der Waals surface area contributed by atoms with Crippen molar-refractivity contribution in [2.75, 3.05) is 13.1 Å². The molecule has 0 radical (unpaired) electrons. The predicted molar refractivity (Wildman–Crippen MR) is 63.0 cm³/mol. The van der Waals surface area contributed by atoms with Gasteiger partial charge in [-0.05, 0) is 51.0 Å². The highest BCUT2D eigenvalue weighted by Crippen LogP contribution is 2.29. The summed E-state index contributed by atoms with van der Waals surface area (Å²) in [5.74, 6) is 0.981. The Balaban J connectivity index is 1.67. The van der Waals surface area contributed by atoms with Crippen molar-refractivity contribution in [1.29, 1.82) is 0 Å². The van der Waals surface area contributed by atoms with Gasteiger partial charge in [0.15, 0.2) is 0 Å². The van der Waals surface area contributed by atoms with Crippen LogP contribution in [0.2, 0.25) is 0 Å². The van der Waals surface area contributed by atoms with Crippen molar-refractivity contribution in [3.63, 3.8) is 0 Å². The summed E-state index contributed by atoms with van der Waals surface area (Å²) >= 11 is 0. The van der Waals surface area contributed by atoms with E-state index in [9.17, 15) is 0 Å². The fourth-order valence-corrected chi connectivity index (χ4v) is 2.88. The van der Waals surface area contributed by atoms with E-state index in [-0.39, 0.29) is 0 Å². The van der Waals surface area contributed by atoms with Crippen molar-refractivity contribution in [3.05, 3.63) is 0 Å². The maximum absolute atomic E-state index is 6.16. The highest BCUT2D eigenvalue weighted by atomic mass is 16.5. The maximum atomic E-state index is 6.16. The van der Waals surface area contributed by atoms with E-state index in [1.165, 1.54) is 51.5 Å². The standard InChI is InChI=1S/C13H25NO/c1-2-11-5-7-12(8-6-11)15-13-4-3-9-14-10-13/h11-14H,2-10H2,1H3/t11?,12?,13-/m0/s1. The number of piperidine rings is 1. The molecular weight excluding hydrogens is 186 g/mol. The van der Waals surface area contributed by atoms with Crippen LogP contribution in [0.25, 0.3) is 0 Å². The molecule has 2 aliphatic rings. The molecule has 0 spiro atoms. The van der Waals surface area contributed by atoms with E-state index in [4.69, 9.17) is 4.74 Å². The third-order valence-corrected chi connectivity index (χ3v) is 4.01. The van der Waals surface area contributed by atoms with Gasteiger partial charge in [0.2, 0.25) is 0 Å².